The molecule has 0 radical (unpaired) electrons. The predicted molar refractivity (Wildman–Crippen MR) is 51.5 cm³/mol. The first-order valence-electron chi connectivity index (χ1n) is 3.53. The van der Waals surface area contributed by atoms with E-state index in [1.54, 1.807) is 17.7 Å². The van der Waals surface area contributed by atoms with Gasteiger partial charge in [0.2, 0.25) is 0 Å². The number of aromatic nitrogens is 1. The van der Waals surface area contributed by atoms with E-state index in [4.69, 9.17) is 5.73 Å². The third kappa shape index (κ3) is 0.848. The zero-order chi connectivity index (χ0) is 8.72. The number of hydrogen-bond acceptors (Lipinski definition) is 3. The molecular formula is C8H8N2OS. The highest BCUT2D eigenvalue weighted by atomic mass is 32.1. The van der Waals surface area contributed by atoms with Gasteiger partial charge in [-0.3, -0.25) is 4.79 Å². The SMILES string of the molecule is Cn1c(=O)ccc2c(N)csc21. The maximum absolute atomic E-state index is 11.2. The number of nitrogens with zero attached hydrogens (tertiary/aromatic N) is 1. The maximum atomic E-state index is 11.2. The molecular weight excluding hydrogens is 172 g/mol. The van der Waals surface area contributed by atoms with Crippen LogP contribution >= 0.6 is 11.3 Å². The van der Waals surface area contributed by atoms with Crippen LogP contribution in [0, 0.1) is 0 Å². The van der Waals surface area contributed by atoms with Gasteiger partial charge >= 0.3 is 0 Å². The molecule has 12 heavy (non-hydrogen) atoms. The first-order valence-corrected chi connectivity index (χ1v) is 4.41. The lowest BCUT2D eigenvalue weighted by atomic mass is 10.3. The van der Waals surface area contributed by atoms with E-state index in [0.717, 1.165) is 15.9 Å². The number of hydrogen-bond donors (Lipinski definition) is 1. The van der Waals surface area contributed by atoms with Crippen molar-refractivity contribution in [3.05, 3.63) is 27.9 Å². The van der Waals surface area contributed by atoms with Gasteiger partial charge in [0, 0.05) is 23.9 Å². The highest BCUT2D eigenvalue weighted by molar-refractivity contribution is 7.17. The first kappa shape index (κ1) is 7.36. The molecule has 0 atom stereocenters. The Morgan fingerprint density at radius 3 is 3.00 bits per heavy atom. The minimum absolute atomic E-state index is 0.00403. The van der Waals surface area contributed by atoms with E-state index in [1.165, 1.54) is 17.4 Å². The second-order valence-electron chi connectivity index (χ2n) is 2.64. The van der Waals surface area contributed by atoms with Crippen LogP contribution in [0.1, 0.15) is 0 Å². The number of pyridine rings is 1. The topological polar surface area (TPSA) is 48.0 Å². The molecule has 62 valence electrons. The minimum atomic E-state index is 0.00403. The zero-order valence-electron chi connectivity index (χ0n) is 6.57. The van der Waals surface area contributed by atoms with E-state index in [1.807, 2.05) is 5.38 Å². The zero-order valence-corrected chi connectivity index (χ0v) is 7.39. The molecule has 2 N–H and O–H groups in total. The average Bonchev–Trinajstić information content (AvgIpc) is 2.41. The fourth-order valence-corrected chi connectivity index (χ4v) is 2.09. The van der Waals surface area contributed by atoms with Gasteiger partial charge in [0.1, 0.15) is 4.83 Å². The Labute approximate surface area is 73.0 Å². The van der Waals surface area contributed by atoms with Gasteiger partial charge in [0.25, 0.3) is 5.56 Å². The number of fused-ring (bicyclic) bond motifs is 1. The number of thiophene rings is 1. The van der Waals surface area contributed by atoms with Gasteiger partial charge in [-0.15, -0.1) is 11.3 Å². The van der Waals surface area contributed by atoms with E-state index < -0.39 is 0 Å². The molecule has 0 fully saturated rings. The average molecular weight is 180 g/mol. The van der Waals surface area contributed by atoms with Crippen molar-refractivity contribution in [3.63, 3.8) is 0 Å². The van der Waals surface area contributed by atoms with Crippen LogP contribution in [0.5, 0.6) is 0 Å². The molecule has 2 aromatic rings. The quantitative estimate of drug-likeness (QED) is 0.661. The van der Waals surface area contributed by atoms with Gasteiger partial charge in [-0.1, -0.05) is 0 Å². The van der Waals surface area contributed by atoms with Gasteiger partial charge < -0.3 is 10.3 Å². The van der Waals surface area contributed by atoms with Crippen molar-refractivity contribution in [2.75, 3.05) is 5.73 Å². The predicted octanol–water partition coefficient (Wildman–Crippen LogP) is 1.18. The minimum Gasteiger partial charge on any atom is -0.398 e. The molecule has 0 spiro atoms. The lowest BCUT2D eigenvalue weighted by molar-refractivity contribution is 0.915. The summed E-state index contributed by atoms with van der Waals surface area (Å²) in [5.74, 6) is 0. The smallest absolute Gasteiger partial charge is 0.251 e. The molecule has 0 amide bonds. The summed E-state index contributed by atoms with van der Waals surface area (Å²) >= 11 is 1.49. The number of nitrogens with two attached hydrogens (primary N) is 1. The van der Waals surface area contributed by atoms with Crippen LogP contribution < -0.4 is 11.3 Å². The summed E-state index contributed by atoms with van der Waals surface area (Å²) in [7, 11) is 1.75. The summed E-state index contributed by atoms with van der Waals surface area (Å²) in [6, 6.07) is 3.30. The first-order chi connectivity index (χ1) is 5.70. The second-order valence-corrected chi connectivity index (χ2v) is 3.50. The molecule has 0 aliphatic heterocycles. The van der Waals surface area contributed by atoms with Crippen molar-refractivity contribution < 1.29 is 0 Å². The molecule has 0 unspecified atom stereocenters. The standard InChI is InChI=1S/C8H8N2OS/c1-10-7(11)3-2-5-6(9)4-12-8(5)10/h2-4H,9H2,1H3. The van der Waals surface area contributed by atoms with Crippen molar-refractivity contribution in [2.45, 2.75) is 0 Å². The Kier molecular flexibility index (Phi) is 1.44. The number of anilines is 1. The molecule has 3 nitrogen and oxygen atoms in total. The second kappa shape index (κ2) is 2.35. The summed E-state index contributed by atoms with van der Waals surface area (Å²) < 4.78 is 1.61. The molecule has 0 bridgehead atoms. The number of rotatable bonds is 0. The lowest BCUT2D eigenvalue weighted by Crippen LogP contribution is -2.13. The van der Waals surface area contributed by atoms with Crippen molar-refractivity contribution >= 4 is 27.2 Å². The molecule has 0 aromatic carbocycles. The van der Waals surface area contributed by atoms with Crippen molar-refractivity contribution in [1.29, 1.82) is 0 Å². The Bertz CT molecular complexity index is 483. The van der Waals surface area contributed by atoms with Gasteiger partial charge in [0.05, 0.1) is 5.69 Å². The monoisotopic (exact) mass is 180 g/mol. The largest absolute Gasteiger partial charge is 0.398 e. The van der Waals surface area contributed by atoms with Crippen molar-refractivity contribution in [1.82, 2.24) is 4.57 Å². The van der Waals surface area contributed by atoms with E-state index in [2.05, 4.69) is 0 Å². The van der Waals surface area contributed by atoms with Gasteiger partial charge in [0.15, 0.2) is 0 Å². The van der Waals surface area contributed by atoms with E-state index in [0.29, 0.717) is 0 Å². The van der Waals surface area contributed by atoms with Crippen LogP contribution in [0.4, 0.5) is 5.69 Å². The Morgan fingerprint density at radius 2 is 2.25 bits per heavy atom. The van der Waals surface area contributed by atoms with Crippen LogP contribution in [0.2, 0.25) is 0 Å². The van der Waals surface area contributed by atoms with Gasteiger partial charge in [-0.05, 0) is 6.07 Å². The van der Waals surface area contributed by atoms with Crippen LogP contribution in [0.15, 0.2) is 22.3 Å². The molecule has 2 aromatic heterocycles. The van der Waals surface area contributed by atoms with Crippen molar-refractivity contribution in [2.24, 2.45) is 7.05 Å². The maximum Gasteiger partial charge on any atom is 0.251 e. The highest BCUT2D eigenvalue weighted by Gasteiger charge is 2.03. The van der Waals surface area contributed by atoms with Gasteiger partial charge in [-0.25, -0.2) is 0 Å². The van der Waals surface area contributed by atoms with Crippen LogP contribution in [-0.4, -0.2) is 4.57 Å². The summed E-state index contributed by atoms with van der Waals surface area (Å²) in [5.41, 5.74) is 6.44. The van der Waals surface area contributed by atoms with E-state index in [-0.39, 0.29) is 5.56 Å². The van der Waals surface area contributed by atoms with Crippen LogP contribution in [0.3, 0.4) is 0 Å². The molecule has 0 saturated heterocycles. The van der Waals surface area contributed by atoms with Gasteiger partial charge in [-0.2, -0.15) is 0 Å². The fourth-order valence-electron chi connectivity index (χ4n) is 1.16. The Balaban J connectivity index is 3.02. The lowest BCUT2D eigenvalue weighted by Gasteiger charge is -1.97. The summed E-state index contributed by atoms with van der Waals surface area (Å²) in [6.45, 7) is 0. The molecule has 4 heteroatoms. The van der Waals surface area contributed by atoms with E-state index in [9.17, 15) is 4.79 Å². The van der Waals surface area contributed by atoms with Crippen LogP contribution in [-0.2, 0) is 7.05 Å². The highest BCUT2D eigenvalue weighted by Crippen LogP contribution is 2.25. The molecule has 0 saturated carbocycles. The molecule has 2 rings (SSSR count). The van der Waals surface area contributed by atoms with Crippen LogP contribution in [0.25, 0.3) is 10.2 Å². The summed E-state index contributed by atoms with van der Waals surface area (Å²) in [5, 5.41) is 2.81. The summed E-state index contributed by atoms with van der Waals surface area (Å²) in [6.07, 6.45) is 0. The third-order valence-corrected chi connectivity index (χ3v) is 2.96. The Morgan fingerprint density at radius 1 is 1.50 bits per heavy atom. The Hall–Kier alpha value is -1.29. The summed E-state index contributed by atoms with van der Waals surface area (Å²) in [4.78, 5) is 12.1. The fraction of sp³-hybridized carbons (Fsp3) is 0.125. The normalized spacial score (nSPS) is 10.8. The molecule has 0 aliphatic rings. The number of aryl methyl sites for hydroxylation is 1. The van der Waals surface area contributed by atoms with E-state index >= 15 is 0 Å². The number of nitrogen functional groups attached to an aromatic ring is 1. The van der Waals surface area contributed by atoms with Crippen molar-refractivity contribution in [3.8, 4) is 0 Å². The third-order valence-electron chi connectivity index (χ3n) is 1.87. The molecule has 2 heterocycles. The molecule has 0 aliphatic carbocycles.